The number of anilines is 1. The quantitative estimate of drug-likeness (QED) is 0.253. The molecule has 1 aliphatic heterocycles. The molecule has 3 rings (SSSR count). The Hall–Kier alpha value is -2.59. The predicted molar refractivity (Wildman–Crippen MR) is 161 cm³/mol. The second-order valence-electron chi connectivity index (χ2n) is 9.83. The minimum absolute atomic E-state index is 0.0104. The van der Waals surface area contributed by atoms with E-state index in [2.05, 4.69) is 17.0 Å². The van der Waals surface area contributed by atoms with Gasteiger partial charge in [-0.2, -0.15) is 0 Å². The van der Waals surface area contributed by atoms with Crippen LogP contribution in [0.15, 0.2) is 48.5 Å². The summed E-state index contributed by atoms with van der Waals surface area (Å²) in [5.41, 5.74) is 2.42. The maximum atomic E-state index is 13.4. The molecule has 0 aliphatic carbocycles. The van der Waals surface area contributed by atoms with Gasteiger partial charge in [-0.3, -0.25) is 19.3 Å². The summed E-state index contributed by atoms with van der Waals surface area (Å²) in [5, 5.41) is -0.226. The Morgan fingerprint density at radius 2 is 1.65 bits per heavy atom. The van der Waals surface area contributed by atoms with E-state index in [0.717, 1.165) is 31.1 Å². The fourth-order valence-corrected chi connectivity index (χ4v) is 5.44. The molecule has 1 unspecified atom stereocenters. The van der Waals surface area contributed by atoms with E-state index < -0.39 is 11.2 Å². The topological polar surface area (TPSA) is 79.4 Å². The highest BCUT2D eigenvalue weighted by Crippen LogP contribution is 2.23. The van der Waals surface area contributed by atoms with Gasteiger partial charge in [0.15, 0.2) is 5.25 Å². The van der Waals surface area contributed by atoms with Crippen molar-refractivity contribution in [3.05, 3.63) is 64.7 Å². The van der Waals surface area contributed by atoms with Gasteiger partial charge in [-0.1, -0.05) is 30.7 Å². The lowest BCUT2D eigenvalue weighted by molar-refractivity contribution is -0.142. The average molecular weight is 590 g/mol. The summed E-state index contributed by atoms with van der Waals surface area (Å²) in [5.74, 6) is -0.381. The lowest BCUT2D eigenvalue weighted by Gasteiger charge is -2.35. The summed E-state index contributed by atoms with van der Waals surface area (Å²) in [7, 11) is 1.28. The summed E-state index contributed by atoms with van der Waals surface area (Å²) in [6.07, 6.45) is 0.953. The first-order valence-corrected chi connectivity index (χ1v) is 15.1. The van der Waals surface area contributed by atoms with Crippen molar-refractivity contribution < 1.29 is 23.9 Å². The van der Waals surface area contributed by atoms with Gasteiger partial charge < -0.3 is 19.3 Å². The number of methoxy groups -OCH3 is 1. The van der Waals surface area contributed by atoms with Gasteiger partial charge in [0.2, 0.25) is 0 Å². The van der Waals surface area contributed by atoms with E-state index in [0.29, 0.717) is 36.7 Å². The van der Waals surface area contributed by atoms with Crippen molar-refractivity contribution in [3.63, 3.8) is 0 Å². The number of carbonyl (C=O) groups is 3. The number of ether oxygens (including phenoxy) is 2. The molecular weight excluding hydrogens is 550 g/mol. The largest absolute Gasteiger partial charge is 0.468 e. The Labute approximate surface area is 246 Å². The number of hydrogen-bond donors (Lipinski definition) is 0. The number of halogens is 1. The molecule has 2 aromatic rings. The van der Waals surface area contributed by atoms with Crippen molar-refractivity contribution in [2.75, 3.05) is 63.6 Å². The van der Waals surface area contributed by atoms with Gasteiger partial charge in [0, 0.05) is 55.5 Å². The van der Waals surface area contributed by atoms with Gasteiger partial charge in [0.25, 0.3) is 11.8 Å². The molecule has 1 aliphatic rings. The third-order valence-corrected chi connectivity index (χ3v) is 8.03. The molecule has 1 heterocycles. The molecule has 2 aromatic carbocycles. The van der Waals surface area contributed by atoms with E-state index in [1.54, 1.807) is 29.2 Å². The van der Waals surface area contributed by atoms with Crippen molar-refractivity contribution in [2.24, 2.45) is 0 Å². The Morgan fingerprint density at radius 1 is 1.00 bits per heavy atom. The summed E-state index contributed by atoms with van der Waals surface area (Å²) in [6.45, 7) is 10.2. The molecule has 8 nitrogen and oxygen atoms in total. The molecule has 1 atom stereocenters. The molecule has 1 fully saturated rings. The lowest BCUT2D eigenvalue weighted by atomic mass is 10.1. The van der Waals surface area contributed by atoms with Gasteiger partial charge in [0.05, 0.1) is 19.8 Å². The fraction of sp³-hybridized carbons (Fsp3) is 0.500. The minimum Gasteiger partial charge on any atom is -0.468 e. The molecule has 0 radical (unpaired) electrons. The first-order valence-electron chi connectivity index (χ1n) is 13.7. The van der Waals surface area contributed by atoms with Crippen LogP contribution in [0.3, 0.4) is 0 Å². The van der Waals surface area contributed by atoms with Crippen LogP contribution in [-0.4, -0.2) is 97.7 Å². The number of benzene rings is 2. The van der Waals surface area contributed by atoms with E-state index in [1.165, 1.54) is 24.4 Å². The van der Waals surface area contributed by atoms with Gasteiger partial charge >= 0.3 is 5.97 Å². The zero-order valence-electron chi connectivity index (χ0n) is 23.8. The molecule has 1 saturated heterocycles. The van der Waals surface area contributed by atoms with E-state index in [4.69, 9.17) is 21.1 Å². The van der Waals surface area contributed by atoms with Crippen LogP contribution >= 0.6 is 23.4 Å². The van der Waals surface area contributed by atoms with Gasteiger partial charge in [0.1, 0.15) is 0 Å². The van der Waals surface area contributed by atoms with Crippen LogP contribution < -0.4 is 4.90 Å². The number of piperazine rings is 1. The van der Waals surface area contributed by atoms with Gasteiger partial charge in [-0.25, -0.2) is 0 Å². The van der Waals surface area contributed by atoms with Crippen LogP contribution in [0.5, 0.6) is 0 Å². The first-order chi connectivity index (χ1) is 19.2. The maximum absolute atomic E-state index is 13.4. The van der Waals surface area contributed by atoms with Crippen molar-refractivity contribution >= 4 is 46.8 Å². The van der Waals surface area contributed by atoms with Crippen LogP contribution in [0.4, 0.5) is 5.69 Å². The van der Waals surface area contributed by atoms with E-state index >= 15 is 0 Å². The Kier molecular flexibility index (Phi) is 12.8. The molecule has 2 amide bonds. The monoisotopic (exact) mass is 589 g/mol. The van der Waals surface area contributed by atoms with Crippen LogP contribution in [0.25, 0.3) is 0 Å². The summed E-state index contributed by atoms with van der Waals surface area (Å²) < 4.78 is 10.6. The molecule has 0 saturated carbocycles. The zero-order valence-corrected chi connectivity index (χ0v) is 25.4. The SMILES string of the molecule is CCSC(C(=O)OC)C(=O)N(CCOC(C)C)c1ccc(C(=O)N2CCN(CCc3ccc(Cl)cc3)CC2)cc1. The normalized spacial score (nSPS) is 14.7. The number of carbonyl (C=O) groups excluding carboxylic acids is 3. The number of thioether (sulfide) groups is 1. The number of rotatable bonds is 13. The smallest absolute Gasteiger partial charge is 0.328 e. The second kappa shape index (κ2) is 16.0. The molecule has 0 N–H and O–H groups in total. The molecule has 0 aromatic heterocycles. The highest BCUT2D eigenvalue weighted by atomic mass is 35.5. The van der Waals surface area contributed by atoms with Crippen molar-refractivity contribution in [1.82, 2.24) is 9.80 Å². The van der Waals surface area contributed by atoms with Gasteiger partial charge in [-0.05, 0) is 68.0 Å². The number of esters is 1. The Bertz CT molecular complexity index is 1110. The molecule has 10 heteroatoms. The summed E-state index contributed by atoms with van der Waals surface area (Å²) in [4.78, 5) is 44.8. The van der Waals surface area contributed by atoms with Crippen LogP contribution in [0.2, 0.25) is 5.02 Å². The summed E-state index contributed by atoms with van der Waals surface area (Å²) in [6, 6.07) is 14.9. The van der Waals surface area contributed by atoms with E-state index in [1.807, 2.05) is 37.8 Å². The van der Waals surface area contributed by atoms with Crippen LogP contribution in [0.1, 0.15) is 36.7 Å². The first kappa shape index (κ1) is 31.9. The molecule has 0 spiro atoms. The van der Waals surface area contributed by atoms with Crippen molar-refractivity contribution in [1.29, 1.82) is 0 Å². The lowest BCUT2D eigenvalue weighted by Crippen LogP contribution is -2.49. The third kappa shape index (κ3) is 9.23. The number of hydrogen-bond acceptors (Lipinski definition) is 7. The molecule has 40 heavy (non-hydrogen) atoms. The van der Waals surface area contributed by atoms with Crippen LogP contribution in [0, 0.1) is 0 Å². The molecule has 0 bridgehead atoms. The highest BCUT2D eigenvalue weighted by molar-refractivity contribution is 8.01. The highest BCUT2D eigenvalue weighted by Gasteiger charge is 2.32. The van der Waals surface area contributed by atoms with E-state index in [9.17, 15) is 14.4 Å². The zero-order chi connectivity index (χ0) is 29.1. The van der Waals surface area contributed by atoms with Crippen molar-refractivity contribution in [2.45, 2.75) is 38.5 Å². The van der Waals surface area contributed by atoms with Crippen molar-refractivity contribution in [3.8, 4) is 0 Å². The van der Waals surface area contributed by atoms with Gasteiger partial charge in [-0.15, -0.1) is 11.8 Å². The maximum Gasteiger partial charge on any atom is 0.328 e. The molecule has 218 valence electrons. The van der Waals surface area contributed by atoms with E-state index in [-0.39, 0.29) is 24.5 Å². The second-order valence-corrected chi connectivity index (χ2v) is 11.6. The fourth-order valence-electron chi connectivity index (χ4n) is 4.48. The Balaban J connectivity index is 1.62. The van der Waals surface area contributed by atoms with Crippen LogP contribution in [-0.2, 0) is 25.5 Å². The summed E-state index contributed by atoms with van der Waals surface area (Å²) >= 11 is 7.21. The average Bonchev–Trinajstić information content (AvgIpc) is 2.97. The number of amides is 2. The Morgan fingerprint density at radius 3 is 2.23 bits per heavy atom. The third-order valence-electron chi connectivity index (χ3n) is 6.72. The standard InChI is InChI=1S/C30H40ClN3O5S/c1-5-40-27(30(37)38-4)29(36)34(20-21-39-22(2)3)26-12-8-24(9-13-26)28(35)33-18-16-32(17-19-33)15-14-23-6-10-25(31)11-7-23/h6-13,22,27H,5,14-21H2,1-4H3. The number of nitrogens with zero attached hydrogens (tertiary/aromatic N) is 3. The predicted octanol–water partition coefficient (Wildman–Crippen LogP) is 4.39. The minimum atomic E-state index is -0.966. The molecular formula is C30H40ClN3O5S.